The van der Waals surface area contributed by atoms with Crippen LogP contribution in [0.1, 0.15) is 21.8 Å². The van der Waals surface area contributed by atoms with Crippen molar-refractivity contribution in [2.24, 2.45) is 0 Å². The number of aryl methyl sites for hydroxylation is 1. The fourth-order valence-corrected chi connectivity index (χ4v) is 2.26. The Morgan fingerprint density at radius 2 is 2.04 bits per heavy atom. The third-order valence-corrected chi connectivity index (χ3v) is 3.67. The molecule has 0 aliphatic carbocycles. The van der Waals surface area contributed by atoms with Crippen molar-refractivity contribution in [3.63, 3.8) is 0 Å². The number of nitrogen functional groups attached to an aromatic ring is 1. The van der Waals surface area contributed by atoms with Gasteiger partial charge in [0.25, 0.3) is 5.89 Å². The molecular formula is C18H17N3O4. The molecule has 0 spiro atoms. The maximum atomic E-state index is 12.1. The van der Waals surface area contributed by atoms with Gasteiger partial charge in [-0.05, 0) is 30.7 Å². The number of esters is 1. The maximum absolute atomic E-state index is 12.1. The van der Waals surface area contributed by atoms with E-state index in [1.165, 1.54) is 0 Å². The highest BCUT2D eigenvalue weighted by molar-refractivity contribution is 5.95. The molecule has 7 heteroatoms. The molecule has 0 atom stereocenters. The van der Waals surface area contributed by atoms with Gasteiger partial charge in [0.2, 0.25) is 5.82 Å². The molecule has 7 nitrogen and oxygen atoms in total. The molecule has 128 valence electrons. The summed E-state index contributed by atoms with van der Waals surface area (Å²) in [4.78, 5) is 16.4. The largest absolute Gasteiger partial charge is 0.497 e. The Morgan fingerprint density at radius 1 is 1.24 bits per heavy atom. The summed E-state index contributed by atoms with van der Waals surface area (Å²) in [6.07, 6.45) is 0. The highest BCUT2D eigenvalue weighted by Crippen LogP contribution is 2.22. The zero-order valence-corrected chi connectivity index (χ0v) is 13.9. The molecule has 0 aliphatic rings. The third kappa shape index (κ3) is 3.60. The van der Waals surface area contributed by atoms with Crippen LogP contribution in [0, 0.1) is 6.92 Å². The van der Waals surface area contributed by atoms with Gasteiger partial charge in [-0.2, -0.15) is 4.98 Å². The van der Waals surface area contributed by atoms with E-state index in [1.54, 1.807) is 25.3 Å². The zero-order valence-electron chi connectivity index (χ0n) is 13.9. The first-order valence-electron chi connectivity index (χ1n) is 7.57. The number of carbonyl (C=O) groups is 1. The van der Waals surface area contributed by atoms with Crippen molar-refractivity contribution in [3.8, 4) is 17.1 Å². The molecule has 0 saturated carbocycles. The summed E-state index contributed by atoms with van der Waals surface area (Å²) in [6, 6.07) is 12.4. The topological polar surface area (TPSA) is 100 Å². The molecule has 3 rings (SSSR count). The van der Waals surface area contributed by atoms with E-state index in [-0.39, 0.29) is 12.5 Å². The average molecular weight is 339 g/mol. The first-order chi connectivity index (χ1) is 12.1. The van der Waals surface area contributed by atoms with Crippen LogP contribution in [0.15, 0.2) is 47.0 Å². The predicted molar refractivity (Wildman–Crippen MR) is 91.0 cm³/mol. The maximum Gasteiger partial charge on any atom is 0.340 e. The number of anilines is 1. The van der Waals surface area contributed by atoms with Crippen LogP contribution < -0.4 is 10.5 Å². The van der Waals surface area contributed by atoms with Crippen molar-refractivity contribution in [2.75, 3.05) is 12.8 Å². The second kappa shape index (κ2) is 7.04. The van der Waals surface area contributed by atoms with Crippen molar-refractivity contribution in [2.45, 2.75) is 13.5 Å². The molecule has 0 fully saturated rings. The Bertz CT molecular complexity index is 905. The number of para-hydroxylation sites is 1. The van der Waals surface area contributed by atoms with Gasteiger partial charge in [0.1, 0.15) is 5.75 Å². The molecule has 3 aromatic rings. The van der Waals surface area contributed by atoms with Gasteiger partial charge in [0.05, 0.1) is 12.7 Å². The smallest absolute Gasteiger partial charge is 0.340 e. The summed E-state index contributed by atoms with van der Waals surface area (Å²) in [7, 11) is 1.58. The summed E-state index contributed by atoms with van der Waals surface area (Å²) in [5.41, 5.74) is 8.16. The third-order valence-electron chi connectivity index (χ3n) is 3.67. The van der Waals surface area contributed by atoms with E-state index in [1.807, 2.05) is 31.2 Å². The lowest BCUT2D eigenvalue weighted by Gasteiger charge is -2.07. The second-order valence-corrected chi connectivity index (χ2v) is 5.36. The van der Waals surface area contributed by atoms with Crippen LogP contribution >= 0.6 is 0 Å². The minimum absolute atomic E-state index is 0.136. The first kappa shape index (κ1) is 16.5. The van der Waals surface area contributed by atoms with Crippen LogP contribution in [0.5, 0.6) is 5.75 Å². The van der Waals surface area contributed by atoms with Crippen molar-refractivity contribution < 1.29 is 18.8 Å². The molecule has 25 heavy (non-hydrogen) atoms. The van der Waals surface area contributed by atoms with Gasteiger partial charge in [-0.15, -0.1) is 0 Å². The lowest BCUT2D eigenvalue weighted by molar-refractivity contribution is 0.0431. The number of benzene rings is 2. The Hall–Kier alpha value is -3.35. The van der Waals surface area contributed by atoms with Gasteiger partial charge < -0.3 is 19.7 Å². The summed E-state index contributed by atoms with van der Waals surface area (Å²) in [6.45, 7) is 1.69. The monoisotopic (exact) mass is 339 g/mol. The summed E-state index contributed by atoms with van der Waals surface area (Å²) in [5.74, 6) is 0.727. The lowest BCUT2D eigenvalue weighted by atomic mass is 10.1. The number of nitrogens with two attached hydrogens (primary N) is 1. The number of carbonyl (C=O) groups excluding carboxylic acids is 1. The number of nitrogens with zero attached hydrogens (tertiary/aromatic N) is 2. The number of rotatable bonds is 5. The van der Waals surface area contributed by atoms with Gasteiger partial charge in [-0.1, -0.05) is 29.4 Å². The van der Waals surface area contributed by atoms with Gasteiger partial charge in [-0.3, -0.25) is 0 Å². The van der Waals surface area contributed by atoms with Gasteiger partial charge >= 0.3 is 5.97 Å². The first-order valence-corrected chi connectivity index (χ1v) is 7.57. The van der Waals surface area contributed by atoms with Crippen molar-refractivity contribution >= 4 is 11.7 Å². The van der Waals surface area contributed by atoms with Crippen molar-refractivity contribution in [1.29, 1.82) is 0 Å². The fraction of sp³-hybridized carbons (Fsp3) is 0.167. The zero-order chi connectivity index (χ0) is 17.8. The minimum atomic E-state index is -0.540. The van der Waals surface area contributed by atoms with E-state index in [0.717, 1.165) is 11.1 Å². The SMILES string of the molecule is COc1cccc(-c2noc(COC(=O)c3cccc(C)c3N)n2)c1. The van der Waals surface area contributed by atoms with E-state index in [4.69, 9.17) is 19.7 Å². The van der Waals surface area contributed by atoms with Crippen LogP contribution in [0.3, 0.4) is 0 Å². The van der Waals surface area contributed by atoms with Crippen molar-refractivity contribution in [3.05, 3.63) is 59.5 Å². The van der Waals surface area contributed by atoms with Crippen LogP contribution in [-0.4, -0.2) is 23.2 Å². The molecule has 1 aromatic heterocycles. The lowest BCUT2D eigenvalue weighted by Crippen LogP contribution is -2.09. The van der Waals surface area contributed by atoms with E-state index in [2.05, 4.69) is 10.1 Å². The molecule has 0 aliphatic heterocycles. The molecule has 0 amide bonds. The normalized spacial score (nSPS) is 10.5. The fourth-order valence-electron chi connectivity index (χ4n) is 2.26. The van der Waals surface area contributed by atoms with E-state index in [9.17, 15) is 4.79 Å². The van der Waals surface area contributed by atoms with Crippen LogP contribution in [0.25, 0.3) is 11.4 Å². The molecule has 2 aromatic carbocycles. The Morgan fingerprint density at radius 3 is 2.84 bits per heavy atom. The van der Waals surface area contributed by atoms with Crippen molar-refractivity contribution in [1.82, 2.24) is 10.1 Å². The standard InChI is InChI=1S/C18H17N3O4/c1-11-5-3-8-14(16(11)19)18(22)24-10-15-20-17(21-25-15)12-6-4-7-13(9-12)23-2/h3-9H,10,19H2,1-2H3. The molecule has 0 unspecified atom stereocenters. The molecule has 0 bridgehead atoms. The quantitative estimate of drug-likeness (QED) is 0.563. The predicted octanol–water partition coefficient (Wildman–Crippen LogP) is 2.99. The molecular weight excluding hydrogens is 322 g/mol. The van der Waals surface area contributed by atoms with Crippen LogP contribution in [0.4, 0.5) is 5.69 Å². The second-order valence-electron chi connectivity index (χ2n) is 5.36. The number of methoxy groups -OCH3 is 1. The number of aromatic nitrogens is 2. The Kier molecular flexibility index (Phi) is 4.65. The van der Waals surface area contributed by atoms with Crippen LogP contribution in [-0.2, 0) is 11.3 Å². The van der Waals surface area contributed by atoms with Gasteiger partial charge in [0, 0.05) is 11.3 Å². The minimum Gasteiger partial charge on any atom is -0.497 e. The number of hydrogen-bond donors (Lipinski definition) is 1. The summed E-state index contributed by atoms with van der Waals surface area (Å²) in [5, 5.41) is 3.89. The van der Waals surface area contributed by atoms with E-state index in [0.29, 0.717) is 22.8 Å². The Balaban J connectivity index is 1.69. The van der Waals surface area contributed by atoms with Gasteiger partial charge in [-0.25, -0.2) is 4.79 Å². The highest BCUT2D eigenvalue weighted by atomic mass is 16.6. The number of ether oxygens (including phenoxy) is 2. The number of hydrogen-bond acceptors (Lipinski definition) is 7. The molecule has 1 heterocycles. The highest BCUT2D eigenvalue weighted by Gasteiger charge is 2.15. The van der Waals surface area contributed by atoms with E-state index >= 15 is 0 Å². The molecule has 0 radical (unpaired) electrons. The Labute approximate surface area is 144 Å². The van der Waals surface area contributed by atoms with E-state index < -0.39 is 5.97 Å². The summed E-state index contributed by atoms with van der Waals surface area (Å²) < 4.78 is 15.5. The van der Waals surface area contributed by atoms with Crippen LogP contribution in [0.2, 0.25) is 0 Å². The van der Waals surface area contributed by atoms with Gasteiger partial charge in [0.15, 0.2) is 6.61 Å². The summed E-state index contributed by atoms with van der Waals surface area (Å²) >= 11 is 0. The average Bonchev–Trinajstić information content (AvgIpc) is 3.11. The molecule has 2 N–H and O–H groups in total. The molecule has 0 saturated heterocycles.